The molecule has 0 radical (unpaired) electrons. The first-order valence-electron chi connectivity index (χ1n) is 7.01. The Kier molecular flexibility index (Phi) is 4.69. The summed E-state index contributed by atoms with van der Waals surface area (Å²) in [5.74, 6) is 0.980. The van der Waals surface area contributed by atoms with Gasteiger partial charge >= 0.3 is 0 Å². The van der Waals surface area contributed by atoms with Gasteiger partial charge in [0.15, 0.2) is 0 Å². The van der Waals surface area contributed by atoms with Gasteiger partial charge in [0, 0.05) is 5.56 Å². The van der Waals surface area contributed by atoms with Crippen LogP contribution < -0.4 is 4.83 Å². The largest absolute Gasteiger partial charge is 0.455 e. The molecule has 0 aliphatic heterocycles. The molecule has 0 aliphatic rings. The summed E-state index contributed by atoms with van der Waals surface area (Å²) < 4.78 is 29.6. The van der Waals surface area contributed by atoms with E-state index in [2.05, 4.69) is 9.93 Å². The van der Waals surface area contributed by atoms with Crippen molar-refractivity contribution in [1.29, 1.82) is 0 Å². The SMILES string of the molecule is O=S(=O)(NN=Cc1ccc(-c2ccccc2Cl)o1)c1ccccc1. The van der Waals surface area contributed by atoms with Gasteiger partial charge in [0.2, 0.25) is 0 Å². The molecule has 3 aromatic rings. The van der Waals surface area contributed by atoms with Gasteiger partial charge in [-0.3, -0.25) is 0 Å². The minimum atomic E-state index is -3.69. The molecule has 0 unspecified atom stereocenters. The fourth-order valence-electron chi connectivity index (χ4n) is 2.04. The molecule has 2 aromatic carbocycles. The van der Waals surface area contributed by atoms with Gasteiger partial charge in [-0.2, -0.15) is 18.4 Å². The maximum Gasteiger partial charge on any atom is 0.276 e. The van der Waals surface area contributed by atoms with Crippen LogP contribution in [0.15, 0.2) is 81.1 Å². The van der Waals surface area contributed by atoms with Crippen LogP contribution in [0.2, 0.25) is 5.02 Å². The number of rotatable bonds is 5. The molecule has 1 N–H and O–H groups in total. The van der Waals surface area contributed by atoms with Crippen molar-refractivity contribution in [3.8, 4) is 11.3 Å². The number of hydrogen-bond acceptors (Lipinski definition) is 4. The zero-order valence-electron chi connectivity index (χ0n) is 12.4. The molecular weight excluding hydrogens is 348 g/mol. The minimum Gasteiger partial charge on any atom is -0.455 e. The highest BCUT2D eigenvalue weighted by atomic mass is 35.5. The van der Waals surface area contributed by atoms with E-state index in [1.54, 1.807) is 36.4 Å². The van der Waals surface area contributed by atoms with E-state index in [0.717, 1.165) is 5.56 Å². The van der Waals surface area contributed by atoms with Gasteiger partial charge < -0.3 is 4.42 Å². The molecule has 5 nitrogen and oxygen atoms in total. The molecule has 0 aliphatic carbocycles. The predicted octanol–water partition coefficient (Wildman–Crippen LogP) is 3.91. The number of halogens is 1. The van der Waals surface area contributed by atoms with Gasteiger partial charge in [-0.05, 0) is 36.4 Å². The van der Waals surface area contributed by atoms with Crippen LogP contribution in [-0.4, -0.2) is 14.6 Å². The van der Waals surface area contributed by atoms with Crippen molar-refractivity contribution in [2.24, 2.45) is 5.10 Å². The fraction of sp³-hybridized carbons (Fsp3) is 0. The van der Waals surface area contributed by atoms with Crippen LogP contribution >= 0.6 is 11.6 Å². The zero-order valence-corrected chi connectivity index (χ0v) is 14.0. The normalized spacial score (nSPS) is 11.7. The molecule has 1 heterocycles. The summed E-state index contributed by atoms with van der Waals surface area (Å²) >= 11 is 6.11. The summed E-state index contributed by atoms with van der Waals surface area (Å²) in [7, 11) is -3.69. The van der Waals surface area contributed by atoms with Crippen LogP contribution in [0.25, 0.3) is 11.3 Å². The van der Waals surface area contributed by atoms with Crippen molar-refractivity contribution in [2.45, 2.75) is 4.90 Å². The van der Waals surface area contributed by atoms with E-state index in [1.165, 1.54) is 18.3 Å². The van der Waals surface area contributed by atoms with Crippen molar-refractivity contribution >= 4 is 27.8 Å². The first-order chi connectivity index (χ1) is 11.6. The molecule has 0 saturated carbocycles. The Labute approximate surface area is 144 Å². The summed E-state index contributed by atoms with van der Waals surface area (Å²) in [5, 5.41) is 4.30. The van der Waals surface area contributed by atoms with Crippen LogP contribution in [0.5, 0.6) is 0 Å². The smallest absolute Gasteiger partial charge is 0.276 e. The van der Waals surface area contributed by atoms with Crippen molar-refractivity contribution in [1.82, 2.24) is 4.83 Å². The molecule has 0 saturated heterocycles. The number of benzene rings is 2. The monoisotopic (exact) mass is 360 g/mol. The van der Waals surface area contributed by atoms with E-state index in [-0.39, 0.29) is 4.90 Å². The van der Waals surface area contributed by atoms with E-state index in [9.17, 15) is 8.42 Å². The molecule has 0 fully saturated rings. The molecule has 0 bridgehead atoms. The standard InChI is InChI=1S/C17H13ClN2O3S/c18-16-9-5-4-8-15(16)17-11-10-13(23-17)12-19-20-24(21,22)14-6-2-1-3-7-14/h1-12,20H. The minimum absolute atomic E-state index is 0.137. The third kappa shape index (κ3) is 3.67. The molecule has 0 atom stereocenters. The molecule has 7 heteroatoms. The number of sulfonamides is 1. The number of nitrogens with one attached hydrogen (secondary N) is 1. The van der Waals surface area contributed by atoms with Crippen molar-refractivity contribution < 1.29 is 12.8 Å². The zero-order chi connectivity index (χ0) is 17.0. The molecule has 3 rings (SSSR count). The Morgan fingerprint density at radius 2 is 1.67 bits per heavy atom. The number of nitrogens with zero attached hydrogens (tertiary/aromatic N) is 1. The van der Waals surface area contributed by atoms with Crippen LogP contribution in [0, 0.1) is 0 Å². The van der Waals surface area contributed by atoms with Crippen LogP contribution in [-0.2, 0) is 10.0 Å². The second-order valence-electron chi connectivity index (χ2n) is 4.85. The van der Waals surface area contributed by atoms with E-state index in [0.29, 0.717) is 16.5 Å². The topological polar surface area (TPSA) is 71.7 Å². The van der Waals surface area contributed by atoms with Crippen LogP contribution in [0.4, 0.5) is 0 Å². The quantitative estimate of drug-likeness (QED) is 0.553. The average molecular weight is 361 g/mol. The maximum absolute atomic E-state index is 12.0. The van der Waals surface area contributed by atoms with Gasteiger partial charge in [0.25, 0.3) is 10.0 Å². The van der Waals surface area contributed by atoms with Gasteiger partial charge in [-0.15, -0.1) is 0 Å². The lowest BCUT2D eigenvalue weighted by Gasteiger charge is -2.01. The summed E-state index contributed by atoms with van der Waals surface area (Å²) in [6.07, 6.45) is 1.29. The lowest BCUT2D eigenvalue weighted by atomic mass is 10.2. The molecule has 0 amide bonds. The van der Waals surface area contributed by atoms with E-state index in [1.807, 2.05) is 18.2 Å². The summed E-state index contributed by atoms with van der Waals surface area (Å²) in [4.78, 5) is 2.28. The lowest BCUT2D eigenvalue weighted by molar-refractivity contribution is 0.573. The Hall–Kier alpha value is -2.57. The Bertz CT molecular complexity index is 966. The van der Waals surface area contributed by atoms with Gasteiger partial charge in [-0.25, -0.2) is 0 Å². The third-order valence-corrected chi connectivity index (χ3v) is 4.75. The number of hydrogen-bond donors (Lipinski definition) is 1. The molecule has 122 valence electrons. The molecule has 24 heavy (non-hydrogen) atoms. The molecular formula is C17H13ClN2O3S. The Morgan fingerprint density at radius 3 is 2.42 bits per heavy atom. The van der Waals surface area contributed by atoms with E-state index >= 15 is 0 Å². The second kappa shape index (κ2) is 6.90. The van der Waals surface area contributed by atoms with E-state index in [4.69, 9.17) is 16.0 Å². The van der Waals surface area contributed by atoms with Crippen molar-refractivity contribution in [3.05, 3.63) is 77.5 Å². The first kappa shape index (κ1) is 16.3. The summed E-state index contributed by atoms with van der Waals surface area (Å²) in [5.41, 5.74) is 0.753. The highest BCUT2D eigenvalue weighted by molar-refractivity contribution is 7.89. The van der Waals surface area contributed by atoms with Crippen molar-refractivity contribution in [3.63, 3.8) is 0 Å². The van der Waals surface area contributed by atoms with Gasteiger partial charge in [0.05, 0.1) is 16.1 Å². The van der Waals surface area contributed by atoms with Crippen LogP contribution in [0.1, 0.15) is 5.76 Å². The maximum atomic E-state index is 12.0. The number of hydrazone groups is 1. The fourth-order valence-corrected chi connectivity index (χ4v) is 3.08. The highest BCUT2D eigenvalue weighted by Crippen LogP contribution is 2.28. The van der Waals surface area contributed by atoms with Gasteiger partial charge in [-0.1, -0.05) is 41.9 Å². The summed E-state index contributed by atoms with van der Waals surface area (Å²) in [6.45, 7) is 0. The average Bonchev–Trinajstić information content (AvgIpc) is 3.04. The predicted molar refractivity (Wildman–Crippen MR) is 93.5 cm³/mol. The Morgan fingerprint density at radius 1 is 0.958 bits per heavy atom. The summed E-state index contributed by atoms with van der Waals surface area (Å²) in [6, 6.07) is 18.7. The number of furan rings is 1. The molecule has 0 spiro atoms. The third-order valence-electron chi connectivity index (χ3n) is 3.18. The van der Waals surface area contributed by atoms with Crippen LogP contribution in [0.3, 0.4) is 0 Å². The molecule has 1 aromatic heterocycles. The first-order valence-corrected chi connectivity index (χ1v) is 8.87. The second-order valence-corrected chi connectivity index (χ2v) is 6.92. The highest BCUT2D eigenvalue weighted by Gasteiger charge is 2.11. The van der Waals surface area contributed by atoms with E-state index < -0.39 is 10.0 Å². The Balaban J connectivity index is 1.74. The van der Waals surface area contributed by atoms with Gasteiger partial charge in [0.1, 0.15) is 11.5 Å². The van der Waals surface area contributed by atoms with Crippen molar-refractivity contribution in [2.75, 3.05) is 0 Å². The lowest BCUT2D eigenvalue weighted by Crippen LogP contribution is -2.18.